The lowest BCUT2D eigenvalue weighted by Crippen LogP contribution is -2.26. The molecule has 1 aromatic carbocycles. The van der Waals surface area contributed by atoms with Crippen LogP contribution < -0.4 is 4.74 Å². The van der Waals surface area contributed by atoms with Gasteiger partial charge < -0.3 is 14.6 Å². The third-order valence-corrected chi connectivity index (χ3v) is 4.11. The first-order valence-corrected chi connectivity index (χ1v) is 7.37. The fourth-order valence-corrected chi connectivity index (χ4v) is 2.20. The van der Waals surface area contributed by atoms with Crippen LogP contribution in [0.5, 0.6) is 5.75 Å². The Balaban J connectivity index is 2.73. The highest BCUT2D eigenvalue weighted by Crippen LogP contribution is 2.32. The molecule has 0 aliphatic rings. The van der Waals surface area contributed by atoms with Crippen molar-refractivity contribution in [2.75, 3.05) is 13.2 Å². The van der Waals surface area contributed by atoms with Crippen molar-refractivity contribution < 1.29 is 19.4 Å². The highest BCUT2D eigenvalue weighted by Gasteiger charge is 2.16. The van der Waals surface area contributed by atoms with Gasteiger partial charge in [-0.25, -0.2) is 4.79 Å². The molecule has 0 aliphatic heterocycles. The Morgan fingerprint density at radius 3 is 1.91 bits per heavy atom. The van der Waals surface area contributed by atoms with Gasteiger partial charge in [0.1, 0.15) is 25.1 Å². The van der Waals surface area contributed by atoms with Gasteiger partial charge in [-0.05, 0) is 69.4 Å². The van der Waals surface area contributed by atoms with Crippen molar-refractivity contribution in [3.63, 3.8) is 0 Å². The average Bonchev–Trinajstić information content (AvgIpc) is 2.48. The molecule has 0 radical (unpaired) electrons. The van der Waals surface area contributed by atoms with Gasteiger partial charge >= 0.3 is 5.97 Å². The van der Waals surface area contributed by atoms with E-state index < -0.39 is 12.1 Å². The molecule has 0 bridgehead atoms. The summed E-state index contributed by atoms with van der Waals surface area (Å²) in [4.78, 5) is 11.3. The Labute approximate surface area is 132 Å². The predicted molar refractivity (Wildman–Crippen MR) is 87.4 cm³/mol. The van der Waals surface area contributed by atoms with E-state index in [-0.39, 0.29) is 13.2 Å². The van der Waals surface area contributed by atoms with Gasteiger partial charge in [0, 0.05) is 5.57 Å². The maximum atomic E-state index is 11.3. The van der Waals surface area contributed by atoms with Crippen molar-refractivity contribution in [3.8, 4) is 5.75 Å². The predicted octanol–water partition coefficient (Wildman–Crippen LogP) is 3.09. The molecular formula is C18H26O4. The van der Waals surface area contributed by atoms with E-state index in [1.165, 1.54) is 16.7 Å². The molecule has 0 saturated heterocycles. The summed E-state index contributed by atoms with van der Waals surface area (Å²) in [7, 11) is 0. The molecule has 1 unspecified atom stereocenters. The van der Waals surface area contributed by atoms with Gasteiger partial charge in [0.25, 0.3) is 0 Å². The van der Waals surface area contributed by atoms with Gasteiger partial charge in [-0.15, -0.1) is 0 Å². The number of rotatable bonds is 6. The molecule has 1 N–H and O–H groups in total. The first kappa shape index (κ1) is 18.2. The zero-order valence-electron chi connectivity index (χ0n) is 14.4. The lowest BCUT2D eigenvalue weighted by atomic mass is 9.94. The Morgan fingerprint density at radius 1 is 1.00 bits per heavy atom. The number of benzene rings is 1. The molecular weight excluding hydrogens is 280 g/mol. The molecule has 0 amide bonds. The van der Waals surface area contributed by atoms with Crippen LogP contribution in [0, 0.1) is 34.6 Å². The molecule has 1 rings (SSSR count). The maximum absolute atomic E-state index is 11.3. The van der Waals surface area contributed by atoms with Crippen LogP contribution >= 0.6 is 0 Å². The lowest BCUT2D eigenvalue weighted by molar-refractivity contribution is -0.142. The van der Waals surface area contributed by atoms with Crippen molar-refractivity contribution in [1.82, 2.24) is 0 Å². The van der Waals surface area contributed by atoms with Gasteiger partial charge in [0.05, 0.1) is 0 Å². The number of aliphatic hydroxyl groups is 1. The van der Waals surface area contributed by atoms with Crippen LogP contribution in [0.25, 0.3) is 0 Å². The largest absolute Gasteiger partial charge is 0.490 e. The third kappa shape index (κ3) is 4.10. The fraction of sp³-hybridized carbons (Fsp3) is 0.500. The summed E-state index contributed by atoms with van der Waals surface area (Å²) in [6, 6.07) is 0. The summed E-state index contributed by atoms with van der Waals surface area (Å²) in [5, 5.41) is 9.88. The fourth-order valence-electron chi connectivity index (χ4n) is 2.20. The van der Waals surface area contributed by atoms with Crippen LogP contribution in [0.1, 0.15) is 34.7 Å². The quantitative estimate of drug-likeness (QED) is 0.648. The minimum atomic E-state index is -0.871. The highest BCUT2D eigenvalue weighted by atomic mass is 16.5. The van der Waals surface area contributed by atoms with E-state index in [2.05, 4.69) is 27.4 Å². The van der Waals surface area contributed by atoms with Crippen molar-refractivity contribution in [2.24, 2.45) is 0 Å². The number of hydrogen-bond donors (Lipinski definition) is 1. The van der Waals surface area contributed by atoms with Crippen LogP contribution in [0.4, 0.5) is 0 Å². The molecule has 0 fully saturated rings. The SMILES string of the molecule is C=C(C)C(=O)OCC(O)COc1c(C)c(C)c(C)c(C)c1C. The van der Waals surface area contributed by atoms with Gasteiger partial charge in [0.15, 0.2) is 0 Å². The molecule has 22 heavy (non-hydrogen) atoms. The number of carbonyl (C=O) groups excluding carboxylic acids is 1. The van der Waals surface area contributed by atoms with Crippen LogP contribution in [0.15, 0.2) is 12.2 Å². The first-order valence-electron chi connectivity index (χ1n) is 7.37. The minimum Gasteiger partial charge on any atom is -0.490 e. The van der Waals surface area contributed by atoms with E-state index in [1.54, 1.807) is 6.92 Å². The second-order valence-electron chi connectivity index (χ2n) is 5.80. The summed E-state index contributed by atoms with van der Waals surface area (Å²) >= 11 is 0. The maximum Gasteiger partial charge on any atom is 0.333 e. The number of aliphatic hydroxyl groups excluding tert-OH is 1. The van der Waals surface area contributed by atoms with E-state index in [9.17, 15) is 9.90 Å². The number of hydrogen-bond acceptors (Lipinski definition) is 4. The van der Waals surface area contributed by atoms with Crippen LogP contribution in [-0.4, -0.2) is 30.4 Å². The lowest BCUT2D eigenvalue weighted by Gasteiger charge is -2.20. The molecule has 0 aromatic heterocycles. The Bertz CT molecular complexity index is 558. The molecule has 122 valence electrons. The highest BCUT2D eigenvalue weighted by molar-refractivity contribution is 5.86. The second-order valence-corrected chi connectivity index (χ2v) is 5.80. The summed E-state index contributed by atoms with van der Waals surface area (Å²) in [5.41, 5.74) is 6.11. The Kier molecular flexibility index (Phi) is 6.18. The zero-order chi connectivity index (χ0) is 17.0. The van der Waals surface area contributed by atoms with Crippen molar-refractivity contribution in [3.05, 3.63) is 40.0 Å². The van der Waals surface area contributed by atoms with E-state index in [1.807, 2.05) is 13.8 Å². The molecule has 0 spiro atoms. The number of ether oxygens (including phenoxy) is 2. The molecule has 1 aromatic rings. The van der Waals surface area contributed by atoms with Crippen LogP contribution in [0.3, 0.4) is 0 Å². The topological polar surface area (TPSA) is 55.8 Å². The van der Waals surface area contributed by atoms with E-state index >= 15 is 0 Å². The van der Waals surface area contributed by atoms with Crippen molar-refractivity contribution >= 4 is 5.97 Å². The smallest absolute Gasteiger partial charge is 0.333 e. The minimum absolute atomic E-state index is 0.0765. The third-order valence-electron chi connectivity index (χ3n) is 4.11. The zero-order valence-corrected chi connectivity index (χ0v) is 14.4. The van der Waals surface area contributed by atoms with E-state index in [0.29, 0.717) is 5.57 Å². The first-order chi connectivity index (χ1) is 10.2. The summed E-state index contributed by atoms with van der Waals surface area (Å²) in [6.45, 7) is 15.3. The monoisotopic (exact) mass is 306 g/mol. The molecule has 0 aliphatic carbocycles. The van der Waals surface area contributed by atoms with Crippen LogP contribution in [0.2, 0.25) is 0 Å². The number of esters is 1. The summed E-state index contributed by atoms with van der Waals surface area (Å²) < 4.78 is 10.7. The number of carbonyl (C=O) groups is 1. The molecule has 4 heteroatoms. The second kappa shape index (κ2) is 7.45. The Morgan fingerprint density at radius 2 is 1.45 bits per heavy atom. The molecule has 1 atom stereocenters. The van der Waals surface area contributed by atoms with Gasteiger partial charge in [-0.2, -0.15) is 0 Å². The molecule has 4 nitrogen and oxygen atoms in total. The summed E-state index contributed by atoms with van der Waals surface area (Å²) in [5.74, 6) is 0.291. The average molecular weight is 306 g/mol. The van der Waals surface area contributed by atoms with Gasteiger partial charge in [-0.3, -0.25) is 0 Å². The molecule has 0 heterocycles. The van der Waals surface area contributed by atoms with E-state index in [4.69, 9.17) is 9.47 Å². The summed E-state index contributed by atoms with van der Waals surface area (Å²) in [6.07, 6.45) is -0.871. The van der Waals surface area contributed by atoms with Gasteiger partial charge in [0.2, 0.25) is 0 Å². The standard InChI is InChI=1S/C18H26O4/c1-10(2)18(20)22-9-16(19)8-21-17-14(6)12(4)11(3)13(5)15(17)7/h16,19H,1,8-9H2,2-7H3. The van der Waals surface area contributed by atoms with Crippen molar-refractivity contribution in [1.29, 1.82) is 0 Å². The van der Waals surface area contributed by atoms with E-state index in [0.717, 1.165) is 16.9 Å². The van der Waals surface area contributed by atoms with Crippen molar-refractivity contribution in [2.45, 2.75) is 47.6 Å². The normalized spacial score (nSPS) is 12.0. The Hall–Kier alpha value is -1.81. The molecule has 0 saturated carbocycles. The van der Waals surface area contributed by atoms with Crippen LogP contribution in [-0.2, 0) is 9.53 Å². The van der Waals surface area contributed by atoms with Gasteiger partial charge in [-0.1, -0.05) is 6.58 Å².